The minimum absolute atomic E-state index is 0.113. The Morgan fingerprint density at radius 3 is 2.75 bits per heavy atom. The topological polar surface area (TPSA) is 52.7 Å². The predicted octanol–water partition coefficient (Wildman–Crippen LogP) is 0.918. The second kappa shape index (κ2) is 4.30. The highest BCUT2D eigenvalue weighted by Gasteiger charge is 2.09. The second-order valence-corrected chi connectivity index (χ2v) is 3.63. The lowest BCUT2D eigenvalue weighted by molar-refractivity contribution is 0.761. The van der Waals surface area contributed by atoms with Crippen molar-refractivity contribution in [2.45, 2.75) is 19.8 Å². The van der Waals surface area contributed by atoms with Crippen molar-refractivity contribution in [1.82, 2.24) is 19.1 Å². The fraction of sp³-hybridized carbons (Fsp3) is 0.364. The van der Waals surface area contributed by atoms with Gasteiger partial charge in [-0.3, -0.25) is 9.36 Å². The van der Waals surface area contributed by atoms with E-state index in [9.17, 15) is 4.79 Å². The van der Waals surface area contributed by atoms with E-state index in [-0.39, 0.29) is 5.56 Å². The first kappa shape index (κ1) is 10.6. The van der Waals surface area contributed by atoms with Gasteiger partial charge in [-0.05, 0) is 6.42 Å². The van der Waals surface area contributed by atoms with Gasteiger partial charge in [-0.25, -0.2) is 9.97 Å². The summed E-state index contributed by atoms with van der Waals surface area (Å²) >= 11 is 0. The first-order valence-electron chi connectivity index (χ1n) is 5.28. The number of rotatable bonds is 3. The van der Waals surface area contributed by atoms with Gasteiger partial charge in [0.1, 0.15) is 5.82 Å². The van der Waals surface area contributed by atoms with Crippen LogP contribution in [-0.4, -0.2) is 19.1 Å². The third kappa shape index (κ3) is 1.76. The molecule has 2 aromatic heterocycles. The normalized spacial score (nSPS) is 10.6. The third-order valence-electron chi connectivity index (χ3n) is 2.42. The molecule has 2 heterocycles. The molecule has 0 saturated heterocycles. The predicted molar refractivity (Wildman–Crippen MR) is 60.6 cm³/mol. The molecule has 0 bridgehead atoms. The Hall–Kier alpha value is -1.91. The Labute approximate surface area is 93.4 Å². The maximum absolute atomic E-state index is 11.9. The molecule has 0 fully saturated rings. The fourth-order valence-corrected chi connectivity index (χ4v) is 1.59. The largest absolute Gasteiger partial charge is 0.314 e. The lowest BCUT2D eigenvalue weighted by Gasteiger charge is -2.06. The van der Waals surface area contributed by atoms with Crippen LogP contribution in [0.15, 0.2) is 29.6 Å². The van der Waals surface area contributed by atoms with E-state index in [0.29, 0.717) is 5.82 Å². The summed E-state index contributed by atoms with van der Waals surface area (Å²) in [7, 11) is 1.71. The van der Waals surface area contributed by atoms with Gasteiger partial charge >= 0.3 is 0 Å². The van der Waals surface area contributed by atoms with Crippen LogP contribution in [0.1, 0.15) is 19.2 Å². The maximum atomic E-state index is 11.9. The molecule has 5 heteroatoms. The molecule has 0 spiro atoms. The number of aryl methyl sites for hydroxylation is 2. The van der Waals surface area contributed by atoms with Crippen molar-refractivity contribution in [2.75, 3.05) is 0 Å². The van der Waals surface area contributed by atoms with Crippen LogP contribution in [-0.2, 0) is 13.5 Å². The minimum Gasteiger partial charge on any atom is -0.314 e. The standard InChI is InChI=1S/C11H14N4O/c1-3-4-9-12-6-8-15(9)10-11(16)14(2)7-5-13-10/h5-8H,3-4H2,1-2H3. The highest BCUT2D eigenvalue weighted by molar-refractivity contribution is 5.21. The molecule has 0 aromatic carbocycles. The van der Waals surface area contributed by atoms with Gasteiger partial charge in [0.15, 0.2) is 0 Å². The number of hydrogen-bond acceptors (Lipinski definition) is 3. The SMILES string of the molecule is CCCc1nccn1-c1nccn(C)c1=O. The van der Waals surface area contributed by atoms with E-state index >= 15 is 0 Å². The fourth-order valence-electron chi connectivity index (χ4n) is 1.59. The van der Waals surface area contributed by atoms with Gasteiger partial charge in [0, 0.05) is 38.3 Å². The van der Waals surface area contributed by atoms with Crippen LogP contribution in [0, 0.1) is 0 Å². The molecule has 2 aromatic rings. The van der Waals surface area contributed by atoms with Crippen LogP contribution in [0.3, 0.4) is 0 Å². The van der Waals surface area contributed by atoms with Crippen LogP contribution in [0.2, 0.25) is 0 Å². The smallest absolute Gasteiger partial charge is 0.293 e. The van der Waals surface area contributed by atoms with Gasteiger partial charge in [0.05, 0.1) is 0 Å². The van der Waals surface area contributed by atoms with Crippen LogP contribution < -0.4 is 5.56 Å². The zero-order valence-electron chi connectivity index (χ0n) is 9.42. The van der Waals surface area contributed by atoms with Gasteiger partial charge in [0.2, 0.25) is 5.82 Å². The molecule has 0 N–H and O–H groups in total. The highest BCUT2D eigenvalue weighted by Crippen LogP contribution is 2.05. The average molecular weight is 218 g/mol. The third-order valence-corrected chi connectivity index (χ3v) is 2.42. The van der Waals surface area contributed by atoms with Crippen LogP contribution in [0.4, 0.5) is 0 Å². The van der Waals surface area contributed by atoms with Crippen molar-refractivity contribution >= 4 is 0 Å². The number of imidazole rings is 1. The Morgan fingerprint density at radius 2 is 2.00 bits per heavy atom. The molecule has 84 valence electrons. The maximum Gasteiger partial charge on any atom is 0.293 e. The first-order valence-corrected chi connectivity index (χ1v) is 5.28. The van der Waals surface area contributed by atoms with Crippen molar-refractivity contribution in [3.05, 3.63) is 41.0 Å². The van der Waals surface area contributed by atoms with Crippen LogP contribution >= 0.6 is 0 Å². The van der Waals surface area contributed by atoms with Gasteiger partial charge in [-0.15, -0.1) is 0 Å². The highest BCUT2D eigenvalue weighted by atomic mass is 16.1. The zero-order valence-corrected chi connectivity index (χ0v) is 9.42. The van der Waals surface area contributed by atoms with Gasteiger partial charge < -0.3 is 4.57 Å². The Morgan fingerprint density at radius 1 is 1.25 bits per heavy atom. The summed E-state index contributed by atoms with van der Waals surface area (Å²) in [4.78, 5) is 20.2. The van der Waals surface area contributed by atoms with E-state index in [1.165, 1.54) is 4.57 Å². The summed E-state index contributed by atoms with van der Waals surface area (Å²) in [6.45, 7) is 2.08. The molecule has 0 saturated carbocycles. The van der Waals surface area contributed by atoms with Crippen molar-refractivity contribution in [2.24, 2.45) is 7.05 Å². The molecule has 0 aliphatic heterocycles. The van der Waals surface area contributed by atoms with E-state index < -0.39 is 0 Å². The van der Waals surface area contributed by atoms with Gasteiger partial charge in [-0.1, -0.05) is 6.92 Å². The van der Waals surface area contributed by atoms with Crippen molar-refractivity contribution < 1.29 is 0 Å². The quantitative estimate of drug-likeness (QED) is 0.769. The molecule has 2 rings (SSSR count). The molecule has 0 amide bonds. The molecule has 0 unspecified atom stereocenters. The van der Waals surface area contributed by atoms with E-state index in [4.69, 9.17) is 0 Å². The first-order chi connectivity index (χ1) is 7.74. The Kier molecular flexibility index (Phi) is 2.85. The monoisotopic (exact) mass is 218 g/mol. The lowest BCUT2D eigenvalue weighted by Crippen LogP contribution is -2.23. The molecule has 0 radical (unpaired) electrons. The minimum atomic E-state index is -0.113. The average Bonchev–Trinajstić information content (AvgIpc) is 2.71. The lowest BCUT2D eigenvalue weighted by atomic mass is 10.3. The molecule has 0 aliphatic carbocycles. The number of hydrogen-bond donors (Lipinski definition) is 0. The number of aromatic nitrogens is 4. The summed E-state index contributed by atoms with van der Waals surface area (Å²) < 4.78 is 3.27. The van der Waals surface area contributed by atoms with E-state index in [2.05, 4.69) is 16.9 Å². The van der Waals surface area contributed by atoms with Gasteiger partial charge in [0.25, 0.3) is 5.56 Å². The van der Waals surface area contributed by atoms with E-state index in [1.54, 1.807) is 36.4 Å². The molecule has 16 heavy (non-hydrogen) atoms. The molecule has 5 nitrogen and oxygen atoms in total. The second-order valence-electron chi connectivity index (χ2n) is 3.63. The zero-order chi connectivity index (χ0) is 11.5. The van der Waals surface area contributed by atoms with Crippen LogP contribution in [0.25, 0.3) is 5.82 Å². The van der Waals surface area contributed by atoms with Crippen molar-refractivity contribution in [3.63, 3.8) is 0 Å². The Bertz CT molecular complexity index is 541. The summed E-state index contributed by atoms with van der Waals surface area (Å²) in [6, 6.07) is 0. The molecule has 0 atom stereocenters. The molecular weight excluding hydrogens is 204 g/mol. The number of nitrogens with zero attached hydrogens (tertiary/aromatic N) is 4. The van der Waals surface area contributed by atoms with Gasteiger partial charge in [-0.2, -0.15) is 0 Å². The summed E-state index contributed by atoms with van der Waals surface area (Å²) in [6.07, 6.45) is 8.56. The van der Waals surface area contributed by atoms with Crippen molar-refractivity contribution in [3.8, 4) is 5.82 Å². The van der Waals surface area contributed by atoms with Crippen LogP contribution in [0.5, 0.6) is 0 Å². The van der Waals surface area contributed by atoms with Crippen molar-refractivity contribution in [1.29, 1.82) is 0 Å². The van der Waals surface area contributed by atoms with E-state index in [0.717, 1.165) is 18.7 Å². The Balaban J connectivity index is 2.55. The summed E-state index contributed by atoms with van der Waals surface area (Å²) in [5.41, 5.74) is -0.113. The van der Waals surface area contributed by atoms with E-state index in [1.807, 2.05) is 0 Å². The molecule has 0 aliphatic rings. The molecular formula is C11H14N4O. The summed E-state index contributed by atoms with van der Waals surface area (Å²) in [5.74, 6) is 1.28. The summed E-state index contributed by atoms with van der Waals surface area (Å²) in [5, 5.41) is 0.